The highest BCUT2D eigenvalue weighted by atomic mass is 16.5. The molecular formula is C17H21NO5. The first-order valence-corrected chi connectivity index (χ1v) is 7.44. The number of carbonyl (C=O) groups is 1. The van der Waals surface area contributed by atoms with E-state index in [1.807, 2.05) is 27.7 Å². The average Bonchev–Trinajstić information content (AvgIpc) is 2.47. The van der Waals surface area contributed by atoms with Gasteiger partial charge in [0.25, 0.3) is 0 Å². The zero-order valence-electron chi connectivity index (χ0n) is 13.9. The van der Waals surface area contributed by atoms with E-state index in [-0.39, 0.29) is 17.8 Å². The molecule has 1 aromatic carbocycles. The molecule has 0 aliphatic rings. The maximum atomic E-state index is 12.5. The number of methoxy groups -OCH3 is 1. The summed E-state index contributed by atoms with van der Waals surface area (Å²) in [6, 6.07) is 3.30. The Hall–Kier alpha value is -2.50. The first-order chi connectivity index (χ1) is 10.8. The second kappa shape index (κ2) is 6.73. The fraction of sp³-hybridized carbons (Fsp3) is 0.412. The van der Waals surface area contributed by atoms with Crippen molar-refractivity contribution in [3.63, 3.8) is 0 Å². The van der Waals surface area contributed by atoms with Gasteiger partial charge in [-0.3, -0.25) is 4.79 Å². The molecule has 124 valence electrons. The first-order valence-electron chi connectivity index (χ1n) is 7.44. The van der Waals surface area contributed by atoms with Crippen LogP contribution in [0.25, 0.3) is 10.9 Å². The Balaban J connectivity index is 2.66. The quantitative estimate of drug-likeness (QED) is 0.857. The van der Waals surface area contributed by atoms with Gasteiger partial charge in [0.1, 0.15) is 5.56 Å². The topological polar surface area (TPSA) is 77.6 Å². The van der Waals surface area contributed by atoms with Crippen molar-refractivity contribution in [1.29, 1.82) is 0 Å². The number of hydrogen-bond acceptors (Lipinski definition) is 5. The van der Waals surface area contributed by atoms with Crippen LogP contribution in [0.4, 0.5) is 0 Å². The van der Waals surface area contributed by atoms with Crippen LogP contribution in [0.1, 0.15) is 38.1 Å². The van der Waals surface area contributed by atoms with Crippen LogP contribution < -0.4 is 14.9 Å². The van der Waals surface area contributed by atoms with E-state index in [1.54, 1.807) is 12.1 Å². The number of aromatic nitrogens is 1. The van der Waals surface area contributed by atoms with Crippen molar-refractivity contribution in [2.75, 3.05) is 7.11 Å². The van der Waals surface area contributed by atoms with Crippen molar-refractivity contribution >= 4 is 16.9 Å². The number of benzene rings is 1. The minimum absolute atomic E-state index is 0.0389. The van der Waals surface area contributed by atoms with Gasteiger partial charge in [-0.15, -0.1) is 0 Å². The smallest absolute Gasteiger partial charge is 0.343 e. The number of fused-ring (bicyclic) bond motifs is 1. The van der Waals surface area contributed by atoms with Gasteiger partial charge in [-0.05, 0) is 33.8 Å². The third kappa shape index (κ3) is 3.64. The molecule has 2 aromatic rings. The fourth-order valence-corrected chi connectivity index (χ4v) is 2.18. The maximum Gasteiger partial charge on any atom is 0.343 e. The van der Waals surface area contributed by atoms with Gasteiger partial charge in [-0.2, -0.15) is 0 Å². The van der Waals surface area contributed by atoms with Crippen LogP contribution in [0.3, 0.4) is 0 Å². The van der Waals surface area contributed by atoms with Gasteiger partial charge in [-0.25, -0.2) is 4.79 Å². The normalized spacial score (nSPS) is 11.1. The number of nitrogens with one attached hydrogen (secondary N) is 1. The number of hydrogen-bond donors (Lipinski definition) is 1. The van der Waals surface area contributed by atoms with Crippen molar-refractivity contribution in [2.45, 2.75) is 39.9 Å². The predicted molar refractivity (Wildman–Crippen MR) is 87.4 cm³/mol. The lowest BCUT2D eigenvalue weighted by molar-refractivity contribution is 0.0599. The minimum Gasteiger partial charge on any atom is -0.487 e. The van der Waals surface area contributed by atoms with Gasteiger partial charge in [0, 0.05) is 12.3 Å². The Morgan fingerprint density at radius 2 is 1.61 bits per heavy atom. The van der Waals surface area contributed by atoms with Crippen molar-refractivity contribution < 1.29 is 19.0 Å². The van der Waals surface area contributed by atoms with E-state index in [2.05, 4.69) is 9.72 Å². The molecule has 2 rings (SSSR count). The Kier molecular flexibility index (Phi) is 4.93. The third-order valence-electron chi connectivity index (χ3n) is 3.08. The van der Waals surface area contributed by atoms with Crippen LogP contribution in [0.5, 0.6) is 11.5 Å². The summed E-state index contributed by atoms with van der Waals surface area (Å²) < 4.78 is 16.1. The molecule has 0 spiro atoms. The second-order valence-corrected chi connectivity index (χ2v) is 5.70. The molecule has 1 heterocycles. The van der Waals surface area contributed by atoms with Crippen LogP contribution in [0.15, 0.2) is 23.1 Å². The summed E-state index contributed by atoms with van der Waals surface area (Å²) in [5, 5.41) is 0.347. The molecule has 0 aliphatic carbocycles. The number of pyridine rings is 1. The van der Waals surface area contributed by atoms with Crippen molar-refractivity contribution in [3.05, 3.63) is 34.1 Å². The van der Waals surface area contributed by atoms with E-state index in [4.69, 9.17) is 9.47 Å². The number of esters is 1. The van der Waals surface area contributed by atoms with Crippen LogP contribution in [0, 0.1) is 0 Å². The number of H-pyrrole nitrogens is 1. The van der Waals surface area contributed by atoms with Crippen molar-refractivity contribution in [1.82, 2.24) is 4.98 Å². The molecular weight excluding hydrogens is 298 g/mol. The molecule has 23 heavy (non-hydrogen) atoms. The molecule has 6 nitrogen and oxygen atoms in total. The molecule has 0 unspecified atom stereocenters. The van der Waals surface area contributed by atoms with Crippen LogP contribution in [0.2, 0.25) is 0 Å². The predicted octanol–water partition coefficient (Wildman–Crippen LogP) is 2.89. The van der Waals surface area contributed by atoms with Crippen molar-refractivity contribution in [3.8, 4) is 11.5 Å². The molecule has 0 saturated carbocycles. The maximum absolute atomic E-state index is 12.5. The summed E-state index contributed by atoms with van der Waals surface area (Å²) in [5.74, 6) is 0.332. The van der Waals surface area contributed by atoms with Crippen molar-refractivity contribution in [2.24, 2.45) is 0 Å². The summed E-state index contributed by atoms with van der Waals surface area (Å²) in [4.78, 5) is 27.1. The molecule has 6 heteroatoms. The van der Waals surface area contributed by atoms with Gasteiger partial charge in [-0.1, -0.05) is 0 Å². The third-order valence-corrected chi connectivity index (χ3v) is 3.08. The summed E-state index contributed by atoms with van der Waals surface area (Å²) in [6.07, 6.45) is 1.23. The van der Waals surface area contributed by atoms with E-state index in [1.165, 1.54) is 13.3 Å². The molecule has 0 radical (unpaired) electrons. The lowest BCUT2D eigenvalue weighted by Crippen LogP contribution is -2.18. The number of ether oxygens (including phenoxy) is 3. The van der Waals surface area contributed by atoms with Gasteiger partial charge < -0.3 is 19.2 Å². The summed E-state index contributed by atoms with van der Waals surface area (Å²) >= 11 is 0. The van der Waals surface area contributed by atoms with E-state index in [9.17, 15) is 9.59 Å². The summed E-state index contributed by atoms with van der Waals surface area (Å²) in [7, 11) is 1.23. The molecule has 0 aliphatic heterocycles. The Morgan fingerprint density at radius 1 is 1.04 bits per heavy atom. The highest BCUT2D eigenvalue weighted by Crippen LogP contribution is 2.32. The summed E-state index contributed by atoms with van der Waals surface area (Å²) in [6.45, 7) is 7.59. The monoisotopic (exact) mass is 319 g/mol. The summed E-state index contributed by atoms with van der Waals surface area (Å²) in [5.41, 5.74) is 0.109. The fourth-order valence-electron chi connectivity index (χ4n) is 2.18. The minimum atomic E-state index is -0.679. The number of rotatable bonds is 5. The molecule has 1 N–H and O–H groups in total. The zero-order valence-corrected chi connectivity index (χ0v) is 13.9. The van der Waals surface area contributed by atoms with E-state index < -0.39 is 11.4 Å². The Morgan fingerprint density at radius 3 is 2.13 bits per heavy atom. The molecule has 0 atom stereocenters. The SMILES string of the molecule is COC(=O)c1c[nH]c2cc(OC(C)C)c(OC(C)C)cc2c1=O. The number of carbonyl (C=O) groups excluding carboxylic acids is 1. The highest BCUT2D eigenvalue weighted by molar-refractivity contribution is 5.94. The molecule has 0 fully saturated rings. The standard InChI is InChI=1S/C17H21NO5/c1-9(2)22-14-6-11-13(7-15(14)23-10(3)4)18-8-12(16(11)19)17(20)21-5/h6-10H,1-5H3,(H,18,19). The first kappa shape index (κ1) is 16.9. The lowest BCUT2D eigenvalue weighted by atomic mass is 10.1. The van der Waals surface area contributed by atoms with Crippen LogP contribution in [-0.2, 0) is 4.74 Å². The van der Waals surface area contributed by atoms with Gasteiger partial charge in [0.05, 0.1) is 30.2 Å². The van der Waals surface area contributed by atoms with E-state index in [0.29, 0.717) is 22.4 Å². The highest BCUT2D eigenvalue weighted by Gasteiger charge is 2.17. The van der Waals surface area contributed by atoms with Crippen LogP contribution >= 0.6 is 0 Å². The number of aromatic amines is 1. The van der Waals surface area contributed by atoms with Gasteiger partial charge >= 0.3 is 5.97 Å². The lowest BCUT2D eigenvalue weighted by Gasteiger charge is -2.17. The van der Waals surface area contributed by atoms with Gasteiger partial charge in [0.15, 0.2) is 11.5 Å². The average molecular weight is 319 g/mol. The zero-order chi connectivity index (χ0) is 17.1. The van der Waals surface area contributed by atoms with Crippen LogP contribution in [-0.4, -0.2) is 30.3 Å². The molecule has 0 amide bonds. The second-order valence-electron chi connectivity index (χ2n) is 5.70. The molecule has 0 bridgehead atoms. The van der Waals surface area contributed by atoms with E-state index in [0.717, 1.165) is 0 Å². The Labute approximate surface area is 134 Å². The molecule has 0 saturated heterocycles. The Bertz CT molecular complexity index is 776. The largest absolute Gasteiger partial charge is 0.487 e. The molecule has 1 aromatic heterocycles. The van der Waals surface area contributed by atoms with E-state index >= 15 is 0 Å². The van der Waals surface area contributed by atoms with Gasteiger partial charge in [0.2, 0.25) is 5.43 Å².